The van der Waals surface area contributed by atoms with Crippen LogP contribution >= 0.6 is 38.9 Å². The second kappa shape index (κ2) is 5.36. The van der Waals surface area contributed by atoms with Crippen LogP contribution in [0.25, 0.3) is 0 Å². The van der Waals surface area contributed by atoms with E-state index >= 15 is 0 Å². The first kappa shape index (κ1) is 12.2. The van der Waals surface area contributed by atoms with Gasteiger partial charge in [0.15, 0.2) is 5.22 Å². The van der Waals surface area contributed by atoms with Crippen molar-refractivity contribution in [1.29, 1.82) is 0 Å². The fraction of sp³-hybridized carbons (Fsp3) is 0.273. The van der Waals surface area contributed by atoms with E-state index in [9.17, 15) is 0 Å². The highest BCUT2D eigenvalue weighted by Crippen LogP contribution is 2.30. The van der Waals surface area contributed by atoms with Gasteiger partial charge in [-0.1, -0.05) is 0 Å². The van der Waals surface area contributed by atoms with Gasteiger partial charge in [0.2, 0.25) is 0 Å². The minimum atomic E-state index is 0.191. The molecule has 0 saturated carbocycles. The third kappa shape index (κ3) is 2.69. The van der Waals surface area contributed by atoms with E-state index in [0.717, 1.165) is 15.8 Å². The Morgan fingerprint density at radius 2 is 2.31 bits per heavy atom. The molecule has 0 saturated heterocycles. The van der Waals surface area contributed by atoms with Crippen LogP contribution in [0.5, 0.6) is 0 Å². The van der Waals surface area contributed by atoms with E-state index in [4.69, 9.17) is 16.0 Å². The van der Waals surface area contributed by atoms with Crippen LogP contribution in [-0.4, -0.2) is 7.05 Å². The van der Waals surface area contributed by atoms with Crippen LogP contribution in [0.2, 0.25) is 5.22 Å². The van der Waals surface area contributed by atoms with Crippen molar-refractivity contribution in [1.82, 2.24) is 5.32 Å². The van der Waals surface area contributed by atoms with E-state index in [1.54, 1.807) is 17.6 Å². The van der Waals surface area contributed by atoms with Gasteiger partial charge in [0, 0.05) is 22.9 Å². The molecule has 16 heavy (non-hydrogen) atoms. The van der Waals surface area contributed by atoms with Gasteiger partial charge in [-0.15, -0.1) is 11.3 Å². The minimum Gasteiger partial charge on any atom is -0.453 e. The number of hydrogen-bond acceptors (Lipinski definition) is 3. The highest BCUT2D eigenvalue weighted by Gasteiger charge is 2.16. The molecular weight excluding hydrogens is 310 g/mol. The summed E-state index contributed by atoms with van der Waals surface area (Å²) >= 11 is 11.2. The number of halogens is 2. The van der Waals surface area contributed by atoms with E-state index in [-0.39, 0.29) is 6.04 Å². The average molecular weight is 321 g/mol. The number of furan rings is 1. The van der Waals surface area contributed by atoms with Gasteiger partial charge in [-0.2, -0.15) is 0 Å². The van der Waals surface area contributed by atoms with E-state index in [2.05, 4.69) is 33.4 Å². The predicted molar refractivity (Wildman–Crippen MR) is 71.2 cm³/mol. The molecule has 5 heteroatoms. The Morgan fingerprint density at radius 3 is 2.81 bits per heavy atom. The Labute approximate surface area is 112 Å². The van der Waals surface area contributed by atoms with Gasteiger partial charge in [0.25, 0.3) is 0 Å². The lowest BCUT2D eigenvalue weighted by Gasteiger charge is -2.13. The minimum absolute atomic E-state index is 0.191. The molecule has 1 atom stereocenters. The maximum Gasteiger partial charge on any atom is 0.197 e. The van der Waals surface area contributed by atoms with Gasteiger partial charge in [-0.05, 0) is 52.8 Å². The van der Waals surface area contributed by atoms with Crippen LogP contribution < -0.4 is 5.32 Å². The third-order valence-corrected chi connectivity index (χ3v) is 4.36. The van der Waals surface area contributed by atoms with Crippen molar-refractivity contribution < 1.29 is 4.42 Å². The van der Waals surface area contributed by atoms with E-state index < -0.39 is 0 Å². The number of nitrogens with one attached hydrogen (secondary N) is 1. The number of thiophene rings is 1. The Balaban J connectivity index is 2.15. The van der Waals surface area contributed by atoms with E-state index in [0.29, 0.717) is 5.22 Å². The molecule has 2 aromatic heterocycles. The van der Waals surface area contributed by atoms with Gasteiger partial charge < -0.3 is 9.73 Å². The normalized spacial score (nSPS) is 12.9. The lowest BCUT2D eigenvalue weighted by molar-refractivity contribution is 0.545. The summed E-state index contributed by atoms with van der Waals surface area (Å²) in [5.74, 6) is 0. The van der Waals surface area contributed by atoms with Crippen LogP contribution in [0.15, 0.2) is 32.7 Å². The molecule has 2 rings (SSSR count). The molecular formula is C11H11BrClNOS. The van der Waals surface area contributed by atoms with Gasteiger partial charge in [-0.3, -0.25) is 0 Å². The summed E-state index contributed by atoms with van der Waals surface area (Å²) in [7, 11) is 1.93. The standard InChI is InChI=1S/C11H11BrClNOS/c1-14-9(8-4-5-15-11(8)13)6-7-2-3-10(12)16-7/h2-5,9,14H,6H2,1H3. The highest BCUT2D eigenvalue weighted by atomic mass is 79.9. The molecule has 1 N–H and O–H groups in total. The van der Waals surface area contributed by atoms with Gasteiger partial charge >= 0.3 is 0 Å². The monoisotopic (exact) mass is 319 g/mol. The Morgan fingerprint density at radius 1 is 1.50 bits per heavy atom. The molecule has 2 aromatic rings. The van der Waals surface area contributed by atoms with Crippen molar-refractivity contribution in [2.45, 2.75) is 12.5 Å². The van der Waals surface area contributed by atoms with Crippen LogP contribution in [-0.2, 0) is 6.42 Å². The summed E-state index contributed by atoms with van der Waals surface area (Å²) in [4.78, 5) is 1.31. The van der Waals surface area contributed by atoms with Crippen molar-refractivity contribution in [3.05, 3.63) is 43.9 Å². The predicted octanol–water partition coefficient (Wildman–Crippen LogP) is 4.26. The molecule has 0 spiro atoms. The van der Waals surface area contributed by atoms with Crippen LogP contribution in [0, 0.1) is 0 Å². The van der Waals surface area contributed by atoms with Crippen LogP contribution in [0.1, 0.15) is 16.5 Å². The Bertz CT molecular complexity index is 468. The molecule has 0 aliphatic carbocycles. The van der Waals surface area contributed by atoms with E-state index in [1.807, 2.05) is 13.1 Å². The molecule has 0 amide bonds. The second-order valence-electron chi connectivity index (χ2n) is 3.40. The smallest absolute Gasteiger partial charge is 0.197 e. The molecule has 0 aliphatic heterocycles. The van der Waals surface area contributed by atoms with Crippen molar-refractivity contribution in [3.8, 4) is 0 Å². The second-order valence-corrected chi connectivity index (χ2v) is 6.29. The van der Waals surface area contributed by atoms with Crippen molar-refractivity contribution in [2.24, 2.45) is 0 Å². The first-order valence-electron chi connectivity index (χ1n) is 4.85. The fourth-order valence-corrected chi connectivity index (χ4v) is 3.36. The maximum atomic E-state index is 5.97. The number of rotatable bonds is 4. The molecule has 0 aliphatic rings. The van der Waals surface area contributed by atoms with Crippen molar-refractivity contribution in [2.75, 3.05) is 7.05 Å². The molecule has 86 valence electrons. The Hall–Kier alpha value is -0.290. The van der Waals surface area contributed by atoms with Crippen LogP contribution in [0.3, 0.4) is 0 Å². The third-order valence-electron chi connectivity index (χ3n) is 2.40. The molecule has 2 heterocycles. The quantitative estimate of drug-likeness (QED) is 0.910. The summed E-state index contributed by atoms with van der Waals surface area (Å²) in [6.07, 6.45) is 2.53. The largest absolute Gasteiger partial charge is 0.453 e. The highest BCUT2D eigenvalue weighted by molar-refractivity contribution is 9.11. The molecule has 0 radical (unpaired) electrons. The zero-order valence-electron chi connectivity index (χ0n) is 8.67. The van der Waals surface area contributed by atoms with Gasteiger partial charge in [0.1, 0.15) is 0 Å². The first-order valence-corrected chi connectivity index (χ1v) is 6.84. The summed E-state index contributed by atoms with van der Waals surface area (Å²) in [6, 6.07) is 6.28. The molecule has 0 fully saturated rings. The lowest BCUT2D eigenvalue weighted by Crippen LogP contribution is -2.18. The summed E-state index contributed by atoms with van der Waals surface area (Å²) < 4.78 is 6.26. The van der Waals surface area contributed by atoms with E-state index in [1.165, 1.54) is 4.88 Å². The summed E-state index contributed by atoms with van der Waals surface area (Å²) in [5.41, 5.74) is 1.01. The zero-order valence-corrected chi connectivity index (χ0v) is 11.8. The fourth-order valence-electron chi connectivity index (χ4n) is 1.58. The average Bonchev–Trinajstić information content (AvgIpc) is 2.84. The molecule has 0 aromatic carbocycles. The lowest BCUT2D eigenvalue weighted by atomic mass is 10.1. The number of likely N-dealkylation sites (N-methyl/N-ethyl adjacent to an activating group) is 1. The van der Waals surface area contributed by atoms with Crippen LogP contribution in [0.4, 0.5) is 0 Å². The van der Waals surface area contributed by atoms with Gasteiger partial charge in [-0.25, -0.2) is 0 Å². The summed E-state index contributed by atoms with van der Waals surface area (Å²) in [6.45, 7) is 0. The first-order chi connectivity index (χ1) is 7.70. The number of hydrogen-bond donors (Lipinski definition) is 1. The maximum absolute atomic E-state index is 5.97. The Kier molecular flexibility index (Phi) is 4.08. The van der Waals surface area contributed by atoms with Crippen molar-refractivity contribution >= 4 is 38.9 Å². The molecule has 2 nitrogen and oxygen atoms in total. The zero-order chi connectivity index (χ0) is 11.5. The molecule has 1 unspecified atom stereocenters. The van der Waals surface area contributed by atoms with Crippen molar-refractivity contribution in [3.63, 3.8) is 0 Å². The molecule has 0 bridgehead atoms. The topological polar surface area (TPSA) is 25.2 Å². The summed E-state index contributed by atoms with van der Waals surface area (Å²) in [5, 5.41) is 3.72. The van der Waals surface area contributed by atoms with Gasteiger partial charge in [0.05, 0.1) is 10.0 Å². The SMILES string of the molecule is CNC(Cc1ccc(Br)s1)c1ccoc1Cl.